The fraction of sp³-hybridized carbons (Fsp3) is 0.188. The summed E-state index contributed by atoms with van der Waals surface area (Å²) in [4.78, 5) is 12.0. The molecular formula is C16H17NO3S. The number of hydrogen-bond acceptors (Lipinski definition) is 3. The van der Waals surface area contributed by atoms with Gasteiger partial charge in [-0.15, -0.1) is 0 Å². The van der Waals surface area contributed by atoms with Crippen molar-refractivity contribution in [2.24, 2.45) is 0 Å². The van der Waals surface area contributed by atoms with Crippen LogP contribution in [0.25, 0.3) is 0 Å². The highest BCUT2D eigenvalue weighted by atomic mass is 32.2. The average Bonchev–Trinajstić information content (AvgIpc) is 2.47. The molecule has 0 aliphatic rings. The summed E-state index contributed by atoms with van der Waals surface area (Å²) in [6.07, 6.45) is -0.0644. The van der Waals surface area contributed by atoms with E-state index in [1.807, 2.05) is 13.0 Å². The molecule has 0 saturated carbocycles. The summed E-state index contributed by atoms with van der Waals surface area (Å²) in [5, 5.41) is 2.67. The monoisotopic (exact) mass is 303 g/mol. The zero-order valence-corrected chi connectivity index (χ0v) is 12.6. The lowest BCUT2D eigenvalue weighted by molar-refractivity contribution is -0.115. The molecule has 0 aliphatic heterocycles. The molecule has 1 N–H and O–H groups in total. The minimum absolute atomic E-state index is 0.0644. The maximum atomic E-state index is 12.1. The number of hydrogen-bond donors (Lipinski definition) is 1. The van der Waals surface area contributed by atoms with Gasteiger partial charge in [0.25, 0.3) is 0 Å². The summed E-state index contributed by atoms with van der Waals surface area (Å²) >= 11 is 0. The second-order valence-corrected chi connectivity index (χ2v) is 6.91. The summed E-state index contributed by atoms with van der Waals surface area (Å²) in [6, 6.07) is 15.6. The van der Waals surface area contributed by atoms with Crippen molar-refractivity contribution in [3.05, 3.63) is 60.2 Å². The van der Waals surface area contributed by atoms with Gasteiger partial charge in [-0.3, -0.25) is 4.79 Å². The Morgan fingerprint density at radius 3 is 2.24 bits per heavy atom. The van der Waals surface area contributed by atoms with Crippen LogP contribution in [0.3, 0.4) is 0 Å². The molecule has 0 spiro atoms. The van der Waals surface area contributed by atoms with Gasteiger partial charge in [0.1, 0.15) is 0 Å². The number of carbonyl (C=O) groups is 1. The Morgan fingerprint density at radius 1 is 1.00 bits per heavy atom. The normalized spacial score (nSPS) is 11.1. The molecule has 21 heavy (non-hydrogen) atoms. The van der Waals surface area contributed by atoms with Gasteiger partial charge in [-0.1, -0.05) is 35.9 Å². The van der Waals surface area contributed by atoms with E-state index in [0.717, 1.165) is 5.56 Å². The first kappa shape index (κ1) is 15.3. The lowest BCUT2D eigenvalue weighted by Gasteiger charge is -2.06. The Morgan fingerprint density at radius 2 is 1.62 bits per heavy atom. The Kier molecular flexibility index (Phi) is 4.75. The molecule has 0 aromatic heterocycles. The van der Waals surface area contributed by atoms with Gasteiger partial charge in [-0.05, 0) is 31.2 Å². The molecule has 0 unspecified atom stereocenters. The summed E-state index contributed by atoms with van der Waals surface area (Å²) < 4.78 is 24.2. The maximum Gasteiger partial charge on any atom is 0.225 e. The average molecular weight is 303 g/mol. The lowest BCUT2D eigenvalue weighted by Crippen LogP contribution is -2.17. The molecule has 2 aromatic carbocycles. The van der Waals surface area contributed by atoms with Gasteiger partial charge in [0, 0.05) is 12.1 Å². The molecule has 2 rings (SSSR count). The van der Waals surface area contributed by atoms with E-state index in [-0.39, 0.29) is 23.0 Å². The zero-order valence-electron chi connectivity index (χ0n) is 11.7. The van der Waals surface area contributed by atoms with Crippen LogP contribution in [0.15, 0.2) is 59.5 Å². The largest absolute Gasteiger partial charge is 0.326 e. The third-order valence-electron chi connectivity index (χ3n) is 3.04. The van der Waals surface area contributed by atoms with Crippen LogP contribution >= 0.6 is 0 Å². The number of carbonyl (C=O) groups excluding carboxylic acids is 1. The summed E-state index contributed by atoms with van der Waals surface area (Å²) in [5.74, 6) is -0.508. The van der Waals surface area contributed by atoms with Gasteiger partial charge in [-0.25, -0.2) is 8.42 Å². The molecule has 2 aromatic rings. The molecule has 0 fully saturated rings. The van der Waals surface area contributed by atoms with E-state index >= 15 is 0 Å². The second kappa shape index (κ2) is 6.54. The number of amides is 1. The van der Waals surface area contributed by atoms with E-state index in [1.165, 1.54) is 0 Å². The van der Waals surface area contributed by atoms with Crippen LogP contribution in [-0.4, -0.2) is 20.1 Å². The van der Waals surface area contributed by atoms with E-state index in [2.05, 4.69) is 5.32 Å². The highest BCUT2D eigenvalue weighted by molar-refractivity contribution is 7.91. The summed E-state index contributed by atoms with van der Waals surface area (Å²) in [6.45, 7) is 1.89. The standard InChI is InChI=1S/C16H17NO3S/c1-13-7-9-15(10-8-13)21(19,20)12-11-16(18)17-14-5-3-2-4-6-14/h2-10H,11-12H2,1H3,(H,17,18). The molecule has 0 bridgehead atoms. The predicted molar refractivity (Wildman–Crippen MR) is 82.9 cm³/mol. The van der Waals surface area contributed by atoms with Crippen molar-refractivity contribution in [3.63, 3.8) is 0 Å². The topological polar surface area (TPSA) is 63.2 Å². The van der Waals surface area contributed by atoms with E-state index in [4.69, 9.17) is 0 Å². The molecule has 0 heterocycles. The zero-order chi connectivity index (χ0) is 15.3. The first-order valence-electron chi connectivity index (χ1n) is 6.62. The smallest absolute Gasteiger partial charge is 0.225 e. The fourth-order valence-electron chi connectivity index (χ4n) is 1.84. The van der Waals surface area contributed by atoms with Gasteiger partial charge < -0.3 is 5.32 Å². The van der Waals surface area contributed by atoms with Crippen LogP contribution in [-0.2, 0) is 14.6 Å². The maximum absolute atomic E-state index is 12.1. The number of para-hydroxylation sites is 1. The Balaban J connectivity index is 1.95. The van der Waals surface area contributed by atoms with Gasteiger partial charge in [0.2, 0.25) is 5.91 Å². The number of rotatable bonds is 5. The number of aryl methyl sites for hydroxylation is 1. The fourth-order valence-corrected chi connectivity index (χ4v) is 3.08. The van der Waals surface area contributed by atoms with Crippen molar-refractivity contribution < 1.29 is 13.2 Å². The quantitative estimate of drug-likeness (QED) is 0.924. The first-order valence-corrected chi connectivity index (χ1v) is 8.27. The van der Waals surface area contributed by atoms with Gasteiger partial charge in [0.15, 0.2) is 9.84 Å². The number of sulfone groups is 1. The molecule has 0 atom stereocenters. The molecule has 0 radical (unpaired) electrons. The van der Waals surface area contributed by atoms with Crippen molar-refractivity contribution in [2.45, 2.75) is 18.2 Å². The highest BCUT2D eigenvalue weighted by Gasteiger charge is 2.16. The Hall–Kier alpha value is -2.14. The molecule has 4 nitrogen and oxygen atoms in total. The van der Waals surface area contributed by atoms with Crippen molar-refractivity contribution in [1.29, 1.82) is 0 Å². The minimum atomic E-state index is -3.43. The van der Waals surface area contributed by atoms with Crippen LogP contribution in [0.1, 0.15) is 12.0 Å². The van der Waals surface area contributed by atoms with Crippen molar-refractivity contribution >= 4 is 21.4 Å². The van der Waals surface area contributed by atoms with Crippen LogP contribution in [0, 0.1) is 6.92 Å². The van der Waals surface area contributed by atoms with Crippen LogP contribution < -0.4 is 5.32 Å². The Labute approximate surface area is 124 Å². The minimum Gasteiger partial charge on any atom is -0.326 e. The van der Waals surface area contributed by atoms with Gasteiger partial charge >= 0.3 is 0 Å². The van der Waals surface area contributed by atoms with Crippen molar-refractivity contribution in [2.75, 3.05) is 11.1 Å². The molecule has 0 saturated heterocycles. The van der Waals surface area contributed by atoms with E-state index in [9.17, 15) is 13.2 Å². The molecule has 0 aliphatic carbocycles. The SMILES string of the molecule is Cc1ccc(S(=O)(=O)CCC(=O)Nc2ccccc2)cc1. The molecule has 5 heteroatoms. The van der Waals surface area contributed by atoms with Crippen molar-refractivity contribution in [1.82, 2.24) is 0 Å². The third kappa shape index (κ3) is 4.43. The van der Waals surface area contributed by atoms with Crippen LogP contribution in [0.4, 0.5) is 5.69 Å². The Bertz CT molecular complexity index is 707. The second-order valence-electron chi connectivity index (χ2n) is 4.80. The molecule has 110 valence electrons. The first-order chi connectivity index (χ1) is 9.97. The molecule has 1 amide bonds. The van der Waals surface area contributed by atoms with Crippen LogP contribution in [0.5, 0.6) is 0 Å². The van der Waals surface area contributed by atoms with Crippen LogP contribution in [0.2, 0.25) is 0 Å². The van der Waals surface area contributed by atoms with E-state index in [0.29, 0.717) is 5.69 Å². The lowest BCUT2D eigenvalue weighted by atomic mass is 10.2. The number of nitrogens with one attached hydrogen (secondary N) is 1. The van der Waals surface area contributed by atoms with Crippen molar-refractivity contribution in [3.8, 4) is 0 Å². The van der Waals surface area contributed by atoms with E-state index in [1.54, 1.807) is 48.5 Å². The predicted octanol–water partition coefficient (Wildman–Crippen LogP) is 2.80. The third-order valence-corrected chi connectivity index (χ3v) is 4.77. The van der Waals surface area contributed by atoms with E-state index < -0.39 is 9.84 Å². The summed E-state index contributed by atoms with van der Waals surface area (Å²) in [5.41, 5.74) is 1.66. The summed E-state index contributed by atoms with van der Waals surface area (Å²) in [7, 11) is -3.43. The highest BCUT2D eigenvalue weighted by Crippen LogP contribution is 2.13. The number of benzene rings is 2. The molecular weight excluding hydrogens is 286 g/mol. The van der Waals surface area contributed by atoms with Gasteiger partial charge in [-0.2, -0.15) is 0 Å². The number of anilines is 1. The van der Waals surface area contributed by atoms with Gasteiger partial charge in [0.05, 0.1) is 10.6 Å².